The van der Waals surface area contributed by atoms with Gasteiger partial charge in [0, 0.05) is 29.7 Å². The van der Waals surface area contributed by atoms with Crippen LogP contribution in [0.25, 0.3) is 0 Å². The van der Waals surface area contributed by atoms with Gasteiger partial charge in [-0.3, -0.25) is 9.88 Å². The zero-order valence-electron chi connectivity index (χ0n) is 11.6. The molecule has 1 aromatic heterocycles. The molecule has 0 bridgehead atoms. The van der Waals surface area contributed by atoms with E-state index in [-0.39, 0.29) is 0 Å². The number of thiazole rings is 1. The van der Waals surface area contributed by atoms with Gasteiger partial charge in [-0.05, 0) is 39.3 Å². The van der Waals surface area contributed by atoms with Crippen molar-refractivity contribution in [2.45, 2.75) is 51.6 Å². The van der Waals surface area contributed by atoms with Gasteiger partial charge in [0.05, 0.1) is 5.51 Å². The van der Waals surface area contributed by atoms with Gasteiger partial charge in [-0.15, -0.1) is 11.3 Å². The van der Waals surface area contributed by atoms with Crippen molar-refractivity contribution < 1.29 is 0 Å². The van der Waals surface area contributed by atoms with Crippen molar-refractivity contribution in [2.75, 3.05) is 19.6 Å². The van der Waals surface area contributed by atoms with Crippen molar-refractivity contribution in [3.8, 4) is 0 Å². The van der Waals surface area contributed by atoms with E-state index in [1.807, 2.05) is 11.7 Å². The normalized spacial score (nSPS) is 22.3. The lowest BCUT2D eigenvalue weighted by Crippen LogP contribution is -2.44. The Kier molecular flexibility index (Phi) is 5.60. The quantitative estimate of drug-likeness (QED) is 0.858. The summed E-state index contributed by atoms with van der Waals surface area (Å²) >= 11 is 1.77. The molecule has 1 aliphatic heterocycles. The van der Waals surface area contributed by atoms with Gasteiger partial charge < -0.3 is 5.32 Å². The van der Waals surface area contributed by atoms with Gasteiger partial charge in [-0.25, -0.2) is 0 Å². The van der Waals surface area contributed by atoms with Gasteiger partial charge in [0.1, 0.15) is 0 Å². The molecule has 3 nitrogen and oxygen atoms in total. The van der Waals surface area contributed by atoms with Gasteiger partial charge >= 0.3 is 0 Å². The summed E-state index contributed by atoms with van der Waals surface area (Å²) in [5, 5.41) is 3.65. The van der Waals surface area contributed by atoms with E-state index in [9.17, 15) is 0 Å². The van der Waals surface area contributed by atoms with E-state index in [1.54, 1.807) is 11.3 Å². The van der Waals surface area contributed by atoms with E-state index in [0.29, 0.717) is 12.1 Å². The summed E-state index contributed by atoms with van der Waals surface area (Å²) in [6, 6.07) is 1.18. The van der Waals surface area contributed by atoms with E-state index in [1.165, 1.54) is 50.2 Å². The second kappa shape index (κ2) is 7.22. The lowest BCUT2D eigenvalue weighted by molar-refractivity contribution is 0.178. The monoisotopic (exact) mass is 267 g/mol. The molecule has 18 heavy (non-hydrogen) atoms. The second-order valence-corrected chi connectivity index (χ2v) is 6.14. The van der Waals surface area contributed by atoms with Gasteiger partial charge in [-0.2, -0.15) is 0 Å². The number of rotatable bonds is 6. The maximum Gasteiger partial charge on any atom is 0.0794 e. The number of nitrogens with zero attached hydrogens (tertiary/aromatic N) is 2. The second-order valence-electron chi connectivity index (χ2n) is 5.22. The van der Waals surface area contributed by atoms with E-state index in [2.05, 4.69) is 29.0 Å². The molecule has 0 amide bonds. The molecule has 2 rings (SSSR count). The Morgan fingerprint density at radius 3 is 3.06 bits per heavy atom. The van der Waals surface area contributed by atoms with Crippen LogP contribution in [0.3, 0.4) is 0 Å². The van der Waals surface area contributed by atoms with Crippen LogP contribution in [0.4, 0.5) is 0 Å². The predicted octanol–water partition coefficient (Wildman–Crippen LogP) is 3.06. The molecule has 1 N–H and O–H groups in total. The highest BCUT2D eigenvalue weighted by molar-refractivity contribution is 7.09. The fourth-order valence-electron chi connectivity index (χ4n) is 2.71. The smallest absolute Gasteiger partial charge is 0.0794 e. The Morgan fingerprint density at radius 1 is 1.56 bits per heavy atom. The van der Waals surface area contributed by atoms with Crippen LogP contribution in [0, 0.1) is 0 Å². The number of piperidine rings is 1. The third-order valence-electron chi connectivity index (χ3n) is 3.79. The SMILES string of the molecule is CCCN(CC1CCCCN1)C(C)c1cncs1. The van der Waals surface area contributed by atoms with Crippen LogP contribution < -0.4 is 5.32 Å². The summed E-state index contributed by atoms with van der Waals surface area (Å²) in [4.78, 5) is 8.20. The minimum Gasteiger partial charge on any atom is -0.313 e. The lowest BCUT2D eigenvalue weighted by Gasteiger charge is -2.33. The van der Waals surface area contributed by atoms with Crippen molar-refractivity contribution in [1.29, 1.82) is 0 Å². The standard InChI is InChI=1S/C14H25N3S/c1-3-8-17(10-13-6-4-5-7-16-13)12(2)14-9-15-11-18-14/h9,11-13,16H,3-8,10H2,1-2H3. The molecule has 2 atom stereocenters. The summed E-state index contributed by atoms with van der Waals surface area (Å²) in [6.45, 7) is 8.12. The fourth-order valence-corrected chi connectivity index (χ4v) is 3.42. The van der Waals surface area contributed by atoms with Crippen molar-refractivity contribution in [2.24, 2.45) is 0 Å². The summed E-state index contributed by atoms with van der Waals surface area (Å²) in [5.74, 6) is 0. The highest BCUT2D eigenvalue weighted by atomic mass is 32.1. The first-order valence-electron chi connectivity index (χ1n) is 7.17. The van der Waals surface area contributed by atoms with Crippen LogP contribution in [0.15, 0.2) is 11.7 Å². The molecule has 2 heterocycles. The molecule has 1 aliphatic rings. The third kappa shape index (κ3) is 3.77. The molecule has 0 aliphatic carbocycles. The van der Waals surface area contributed by atoms with Crippen LogP contribution in [-0.2, 0) is 0 Å². The molecule has 0 spiro atoms. The highest BCUT2D eigenvalue weighted by Crippen LogP contribution is 2.24. The number of nitrogens with one attached hydrogen (secondary N) is 1. The van der Waals surface area contributed by atoms with Crippen LogP contribution in [0.1, 0.15) is 50.4 Å². The molecular formula is C14H25N3S. The third-order valence-corrected chi connectivity index (χ3v) is 4.73. The molecule has 1 fully saturated rings. The van der Waals surface area contributed by atoms with E-state index < -0.39 is 0 Å². The Morgan fingerprint density at radius 2 is 2.44 bits per heavy atom. The Bertz CT molecular complexity index is 320. The maximum atomic E-state index is 4.21. The van der Waals surface area contributed by atoms with Crippen LogP contribution in [0.5, 0.6) is 0 Å². The Labute approximate surface area is 115 Å². The van der Waals surface area contributed by atoms with Crippen LogP contribution in [0.2, 0.25) is 0 Å². The van der Waals surface area contributed by atoms with Gasteiger partial charge in [0.2, 0.25) is 0 Å². The molecule has 0 radical (unpaired) electrons. The van der Waals surface area contributed by atoms with Crippen molar-refractivity contribution >= 4 is 11.3 Å². The first-order valence-corrected chi connectivity index (χ1v) is 8.05. The van der Waals surface area contributed by atoms with E-state index >= 15 is 0 Å². The van der Waals surface area contributed by atoms with E-state index in [4.69, 9.17) is 0 Å². The molecule has 0 aromatic carbocycles. The van der Waals surface area contributed by atoms with Gasteiger partial charge in [0.15, 0.2) is 0 Å². The average molecular weight is 267 g/mol. The summed E-state index contributed by atoms with van der Waals surface area (Å²) in [5.41, 5.74) is 1.94. The first-order chi connectivity index (χ1) is 8.81. The van der Waals surface area contributed by atoms with Gasteiger partial charge in [-0.1, -0.05) is 13.3 Å². The first kappa shape index (κ1) is 14.0. The molecular weight excluding hydrogens is 242 g/mol. The summed E-state index contributed by atoms with van der Waals surface area (Å²) in [7, 11) is 0. The Hall–Kier alpha value is -0.450. The number of hydrogen-bond donors (Lipinski definition) is 1. The molecule has 1 aromatic rings. The molecule has 4 heteroatoms. The highest BCUT2D eigenvalue weighted by Gasteiger charge is 2.21. The minimum atomic E-state index is 0.501. The van der Waals surface area contributed by atoms with Crippen molar-refractivity contribution in [3.05, 3.63) is 16.6 Å². The summed E-state index contributed by atoms with van der Waals surface area (Å²) in [6.07, 6.45) is 7.29. The molecule has 0 saturated carbocycles. The van der Waals surface area contributed by atoms with Crippen LogP contribution >= 0.6 is 11.3 Å². The number of hydrogen-bond acceptors (Lipinski definition) is 4. The largest absolute Gasteiger partial charge is 0.313 e. The fraction of sp³-hybridized carbons (Fsp3) is 0.786. The number of aromatic nitrogens is 1. The Balaban J connectivity index is 1.93. The van der Waals surface area contributed by atoms with Gasteiger partial charge in [0.25, 0.3) is 0 Å². The topological polar surface area (TPSA) is 28.2 Å². The molecule has 102 valence electrons. The van der Waals surface area contributed by atoms with Crippen molar-refractivity contribution in [3.63, 3.8) is 0 Å². The zero-order chi connectivity index (χ0) is 12.8. The molecule has 1 saturated heterocycles. The molecule has 2 unspecified atom stereocenters. The van der Waals surface area contributed by atoms with E-state index in [0.717, 1.165) is 0 Å². The zero-order valence-corrected chi connectivity index (χ0v) is 12.4. The maximum absolute atomic E-state index is 4.21. The predicted molar refractivity (Wildman–Crippen MR) is 78.0 cm³/mol. The van der Waals surface area contributed by atoms with Crippen LogP contribution in [-0.4, -0.2) is 35.6 Å². The summed E-state index contributed by atoms with van der Waals surface area (Å²) < 4.78 is 0. The lowest BCUT2D eigenvalue weighted by atomic mass is 10.0. The average Bonchev–Trinajstić information content (AvgIpc) is 2.92. The minimum absolute atomic E-state index is 0.501. The van der Waals surface area contributed by atoms with Crippen molar-refractivity contribution in [1.82, 2.24) is 15.2 Å².